The van der Waals surface area contributed by atoms with E-state index in [-0.39, 0.29) is 0 Å². The molecular formula is C26H40. The Balaban J connectivity index is 0. The SMILES string of the molecule is C=C(C)c1c(C)cc(C)cc1C.C=Cc1ccc(CC)cc1.CC.CC. The first-order valence-electron chi connectivity index (χ1n) is 9.84. The number of hydrogen-bond donors (Lipinski definition) is 0. The lowest BCUT2D eigenvalue weighted by atomic mass is 9.95. The van der Waals surface area contributed by atoms with E-state index in [4.69, 9.17) is 0 Å². The summed E-state index contributed by atoms with van der Waals surface area (Å²) in [5, 5.41) is 0. The molecule has 0 amide bonds. The van der Waals surface area contributed by atoms with Crippen molar-refractivity contribution in [1.82, 2.24) is 0 Å². The van der Waals surface area contributed by atoms with Crippen LogP contribution in [0.3, 0.4) is 0 Å². The Morgan fingerprint density at radius 1 is 0.885 bits per heavy atom. The minimum absolute atomic E-state index is 1.11. The molecule has 2 aromatic rings. The molecule has 144 valence electrons. The molecule has 0 radical (unpaired) electrons. The summed E-state index contributed by atoms with van der Waals surface area (Å²) in [4.78, 5) is 0. The molecule has 0 fully saturated rings. The van der Waals surface area contributed by atoms with E-state index in [1.807, 2.05) is 33.8 Å². The molecule has 0 N–H and O–H groups in total. The average Bonchev–Trinajstić information content (AvgIpc) is 2.64. The zero-order valence-corrected chi connectivity index (χ0v) is 18.7. The van der Waals surface area contributed by atoms with E-state index in [0.29, 0.717) is 0 Å². The largest absolute Gasteiger partial charge is 0.0985 e. The Labute approximate surface area is 163 Å². The maximum absolute atomic E-state index is 3.98. The Morgan fingerprint density at radius 3 is 1.62 bits per heavy atom. The average molecular weight is 353 g/mol. The van der Waals surface area contributed by atoms with Gasteiger partial charge in [0, 0.05) is 0 Å². The van der Waals surface area contributed by atoms with Gasteiger partial charge in [0.25, 0.3) is 0 Å². The molecule has 0 heteroatoms. The lowest BCUT2D eigenvalue weighted by Crippen LogP contribution is -1.91. The Kier molecular flexibility index (Phi) is 15.3. The minimum atomic E-state index is 1.11. The number of hydrogen-bond acceptors (Lipinski definition) is 0. The lowest BCUT2D eigenvalue weighted by Gasteiger charge is -2.10. The molecule has 0 nitrogen and oxygen atoms in total. The molecule has 0 aliphatic heterocycles. The van der Waals surface area contributed by atoms with Crippen LogP contribution >= 0.6 is 0 Å². The monoisotopic (exact) mass is 352 g/mol. The van der Waals surface area contributed by atoms with E-state index in [1.54, 1.807) is 0 Å². The van der Waals surface area contributed by atoms with Crippen LogP contribution in [0.15, 0.2) is 49.6 Å². The van der Waals surface area contributed by atoms with E-state index in [1.165, 1.54) is 33.4 Å². The van der Waals surface area contributed by atoms with E-state index in [0.717, 1.165) is 12.0 Å². The third kappa shape index (κ3) is 9.42. The topological polar surface area (TPSA) is 0 Å². The fourth-order valence-electron chi connectivity index (χ4n) is 2.74. The predicted molar refractivity (Wildman–Crippen MR) is 124 cm³/mol. The highest BCUT2D eigenvalue weighted by molar-refractivity contribution is 5.67. The Bertz CT molecular complexity index is 619. The summed E-state index contributed by atoms with van der Waals surface area (Å²) in [6.45, 7) is 26.3. The van der Waals surface area contributed by atoms with Gasteiger partial charge in [0.1, 0.15) is 0 Å². The van der Waals surface area contributed by atoms with Crippen LogP contribution in [-0.4, -0.2) is 0 Å². The van der Waals surface area contributed by atoms with E-state index >= 15 is 0 Å². The van der Waals surface area contributed by atoms with Crippen LogP contribution in [0.5, 0.6) is 0 Å². The number of aryl methyl sites for hydroxylation is 4. The van der Waals surface area contributed by atoms with Crippen molar-refractivity contribution in [3.63, 3.8) is 0 Å². The second-order valence-electron chi connectivity index (χ2n) is 5.85. The summed E-state index contributed by atoms with van der Waals surface area (Å²) in [7, 11) is 0. The Morgan fingerprint density at radius 2 is 1.31 bits per heavy atom. The summed E-state index contributed by atoms with van der Waals surface area (Å²) < 4.78 is 0. The van der Waals surface area contributed by atoms with Crippen LogP contribution in [0.1, 0.15) is 74.9 Å². The molecule has 0 bridgehead atoms. The van der Waals surface area contributed by atoms with Gasteiger partial charge in [-0.15, -0.1) is 0 Å². The van der Waals surface area contributed by atoms with Gasteiger partial charge < -0.3 is 0 Å². The molecular weight excluding hydrogens is 312 g/mol. The predicted octanol–water partition coefficient (Wildman–Crippen LogP) is 8.59. The van der Waals surface area contributed by atoms with Gasteiger partial charge in [-0.2, -0.15) is 0 Å². The molecule has 0 spiro atoms. The molecule has 2 rings (SSSR count). The first kappa shape index (κ1) is 26.2. The highest BCUT2D eigenvalue weighted by atomic mass is 14.1. The van der Waals surface area contributed by atoms with Crippen LogP contribution in [0.2, 0.25) is 0 Å². The highest BCUT2D eigenvalue weighted by Gasteiger charge is 2.02. The first-order valence-corrected chi connectivity index (χ1v) is 9.84. The quantitative estimate of drug-likeness (QED) is 0.518. The number of benzene rings is 2. The fourth-order valence-corrected chi connectivity index (χ4v) is 2.74. The van der Waals surface area contributed by atoms with Crippen molar-refractivity contribution in [3.8, 4) is 0 Å². The standard InChI is InChI=1S/C12H16.C10H12.2C2H6/c1-8(2)12-10(4)6-9(3)7-11(12)5;1-3-9-5-7-10(4-2)8-6-9;2*1-2/h6-7H,1H2,2-5H3;3,5-8H,1,4H2,2H3;2*1-2H3. The van der Waals surface area contributed by atoms with Gasteiger partial charge in [0.15, 0.2) is 0 Å². The smallest absolute Gasteiger partial charge is 0.0174 e. The van der Waals surface area contributed by atoms with Crippen LogP contribution in [0.25, 0.3) is 11.6 Å². The third-order valence-electron chi connectivity index (χ3n) is 3.73. The van der Waals surface area contributed by atoms with Gasteiger partial charge in [-0.3, -0.25) is 0 Å². The van der Waals surface area contributed by atoms with Crippen molar-refractivity contribution in [2.75, 3.05) is 0 Å². The zero-order valence-electron chi connectivity index (χ0n) is 18.7. The molecule has 0 heterocycles. The summed E-state index contributed by atoms with van der Waals surface area (Å²) in [5.74, 6) is 0. The summed E-state index contributed by atoms with van der Waals surface area (Å²) in [6.07, 6.45) is 2.97. The van der Waals surface area contributed by atoms with Crippen molar-refractivity contribution in [2.45, 2.75) is 68.7 Å². The summed E-state index contributed by atoms with van der Waals surface area (Å²) >= 11 is 0. The number of allylic oxidation sites excluding steroid dienone is 1. The third-order valence-corrected chi connectivity index (χ3v) is 3.73. The maximum Gasteiger partial charge on any atom is -0.0174 e. The zero-order chi connectivity index (χ0) is 20.7. The van der Waals surface area contributed by atoms with E-state index in [9.17, 15) is 0 Å². The van der Waals surface area contributed by atoms with Gasteiger partial charge >= 0.3 is 0 Å². The highest BCUT2D eigenvalue weighted by Crippen LogP contribution is 2.22. The molecule has 0 aliphatic rings. The van der Waals surface area contributed by atoms with Gasteiger partial charge in [-0.05, 0) is 61.9 Å². The molecule has 0 aromatic heterocycles. The van der Waals surface area contributed by atoms with Crippen LogP contribution < -0.4 is 0 Å². The van der Waals surface area contributed by atoms with Gasteiger partial charge in [0.2, 0.25) is 0 Å². The van der Waals surface area contributed by atoms with Crippen molar-refractivity contribution >= 4 is 11.6 Å². The second-order valence-corrected chi connectivity index (χ2v) is 5.85. The number of rotatable bonds is 3. The molecule has 26 heavy (non-hydrogen) atoms. The van der Waals surface area contributed by atoms with Crippen LogP contribution in [-0.2, 0) is 6.42 Å². The normalized spacial score (nSPS) is 8.65. The van der Waals surface area contributed by atoms with E-state index < -0.39 is 0 Å². The van der Waals surface area contributed by atoms with Gasteiger partial charge in [0.05, 0.1) is 0 Å². The molecule has 0 aliphatic carbocycles. The molecule has 0 saturated carbocycles. The second kappa shape index (κ2) is 15.2. The summed E-state index contributed by atoms with van der Waals surface area (Å²) in [5.41, 5.74) is 9.04. The van der Waals surface area contributed by atoms with Crippen molar-refractivity contribution in [3.05, 3.63) is 82.9 Å². The van der Waals surface area contributed by atoms with Crippen LogP contribution in [0, 0.1) is 20.8 Å². The molecule has 0 saturated heterocycles. The lowest BCUT2D eigenvalue weighted by molar-refractivity contribution is 1.14. The summed E-state index contributed by atoms with van der Waals surface area (Å²) in [6, 6.07) is 12.9. The first-order chi connectivity index (χ1) is 12.4. The minimum Gasteiger partial charge on any atom is -0.0985 e. The van der Waals surface area contributed by atoms with Crippen LogP contribution in [0.4, 0.5) is 0 Å². The maximum atomic E-state index is 3.98. The van der Waals surface area contributed by atoms with E-state index in [2.05, 4.69) is 84.2 Å². The fraction of sp³-hybridized carbons (Fsp3) is 0.385. The van der Waals surface area contributed by atoms with Crippen molar-refractivity contribution in [1.29, 1.82) is 0 Å². The molecule has 2 aromatic carbocycles. The van der Waals surface area contributed by atoms with Crippen molar-refractivity contribution in [2.24, 2.45) is 0 Å². The molecule has 0 unspecified atom stereocenters. The molecule has 0 atom stereocenters. The Hall–Kier alpha value is -2.08. The van der Waals surface area contributed by atoms with Gasteiger partial charge in [-0.25, -0.2) is 0 Å². The van der Waals surface area contributed by atoms with Gasteiger partial charge in [-0.1, -0.05) is 101 Å². The van der Waals surface area contributed by atoms with Crippen molar-refractivity contribution < 1.29 is 0 Å².